The summed E-state index contributed by atoms with van der Waals surface area (Å²) in [5, 5.41) is 30.1. The topological polar surface area (TPSA) is 110 Å². The van der Waals surface area contributed by atoms with Crippen molar-refractivity contribution in [3.8, 4) is 5.75 Å². The zero-order valence-corrected chi connectivity index (χ0v) is 11.5. The van der Waals surface area contributed by atoms with Gasteiger partial charge in [-0.15, -0.1) is 0 Å². The number of hydrogen-bond donors (Lipinski definition) is 4. The van der Waals surface area contributed by atoms with Crippen molar-refractivity contribution < 1.29 is 24.9 Å². The number of nitrogens with one attached hydrogen (secondary N) is 1. The molecule has 4 N–H and O–H groups in total. The number of anilines is 1. The van der Waals surface area contributed by atoms with Crippen molar-refractivity contribution in [2.75, 3.05) is 19.0 Å². The number of aliphatic hydroxyl groups is 1. The number of aromatic carboxylic acids is 1. The van der Waals surface area contributed by atoms with Gasteiger partial charge < -0.3 is 25.5 Å². The summed E-state index contributed by atoms with van der Waals surface area (Å²) >= 11 is 0. The standard InChI is InChI=1S/C13H18N2O5/c1-13(2,7-16)15(3)12(20)14-9-5-4-8(11(18)19)6-10(9)17/h4-6,16-17H,7H2,1-3H3,(H,14,20)(H,18,19). The molecule has 7 heteroatoms. The summed E-state index contributed by atoms with van der Waals surface area (Å²) in [7, 11) is 1.51. The van der Waals surface area contributed by atoms with E-state index in [0.717, 1.165) is 6.07 Å². The molecule has 0 saturated heterocycles. The summed E-state index contributed by atoms with van der Waals surface area (Å²) in [4.78, 5) is 24.0. The molecule has 1 rings (SSSR count). The van der Waals surface area contributed by atoms with Crippen LogP contribution in [0, 0.1) is 0 Å². The van der Waals surface area contributed by atoms with Crippen LogP contribution in [-0.4, -0.2) is 51.4 Å². The van der Waals surface area contributed by atoms with Crippen molar-refractivity contribution in [1.29, 1.82) is 0 Å². The Morgan fingerprint density at radius 1 is 1.35 bits per heavy atom. The minimum absolute atomic E-state index is 0.0791. The fourth-order valence-corrected chi connectivity index (χ4v) is 1.35. The fourth-order valence-electron chi connectivity index (χ4n) is 1.35. The number of phenolic OH excluding ortho intramolecular Hbond substituents is 1. The van der Waals surface area contributed by atoms with Gasteiger partial charge in [0.05, 0.1) is 23.4 Å². The van der Waals surface area contributed by atoms with Crippen LogP contribution in [0.1, 0.15) is 24.2 Å². The molecular formula is C13H18N2O5. The largest absolute Gasteiger partial charge is 0.506 e. The molecule has 0 unspecified atom stereocenters. The average Bonchev–Trinajstić information content (AvgIpc) is 2.39. The van der Waals surface area contributed by atoms with Gasteiger partial charge in [0.15, 0.2) is 0 Å². The lowest BCUT2D eigenvalue weighted by Gasteiger charge is -2.33. The van der Waals surface area contributed by atoms with Gasteiger partial charge in [-0.05, 0) is 32.0 Å². The monoisotopic (exact) mass is 282 g/mol. The molecule has 0 aliphatic carbocycles. The van der Waals surface area contributed by atoms with E-state index in [2.05, 4.69) is 5.32 Å². The molecule has 0 aliphatic heterocycles. The van der Waals surface area contributed by atoms with Crippen LogP contribution in [0.15, 0.2) is 18.2 Å². The smallest absolute Gasteiger partial charge is 0.335 e. The molecule has 1 aromatic rings. The molecule has 0 radical (unpaired) electrons. The van der Waals surface area contributed by atoms with Gasteiger partial charge in [0.1, 0.15) is 5.75 Å². The Morgan fingerprint density at radius 3 is 2.40 bits per heavy atom. The summed E-state index contributed by atoms with van der Waals surface area (Å²) < 4.78 is 0. The lowest BCUT2D eigenvalue weighted by molar-refractivity contribution is 0.0696. The number of urea groups is 1. The Labute approximate surface area is 116 Å². The molecule has 0 heterocycles. The van der Waals surface area contributed by atoms with E-state index < -0.39 is 17.5 Å². The first-order chi connectivity index (χ1) is 9.19. The minimum Gasteiger partial charge on any atom is -0.506 e. The number of likely N-dealkylation sites (N-methyl/N-ethyl adjacent to an activating group) is 1. The number of phenols is 1. The van der Waals surface area contributed by atoms with Crippen molar-refractivity contribution in [1.82, 2.24) is 4.90 Å². The Morgan fingerprint density at radius 2 is 1.95 bits per heavy atom. The molecule has 0 atom stereocenters. The number of hydrogen-bond acceptors (Lipinski definition) is 4. The molecule has 0 spiro atoms. The zero-order valence-electron chi connectivity index (χ0n) is 11.5. The van der Waals surface area contributed by atoms with Crippen LogP contribution >= 0.6 is 0 Å². The third-order valence-electron chi connectivity index (χ3n) is 3.09. The van der Waals surface area contributed by atoms with Crippen molar-refractivity contribution in [2.24, 2.45) is 0 Å². The average molecular weight is 282 g/mol. The predicted octanol–water partition coefficient (Wildman–Crippen LogP) is 1.32. The van der Waals surface area contributed by atoms with Gasteiger partial charge in [0, 0.05) is 7.05 Å². The number of benzene rings is 1. The first-order valence-corrected chi connectivity index (χ1v) is 5.91. The van der Waals surface area contributed by atoms with E-state index in [4.69, 9.17) is 5.11 Å². The summed E-state index contributed by atoms with van der Waals surface area (Å²) in [5.41, 5.74) is -0.745. The first-order valence-electron chi connectivity index (χ1n) is 5.91. The highest BCUT2D eigenvalue weighted by molar-refractivity contribution is 5.93. The molecule has 0 bridgehead atoms. The molecular weight excluding hydrogens is 264 g/mol. The minimum atomic E-state index is -1.17. The highest BCUT2D eigenvalue weighted by Crippen LogP contribution is 2.25. The Kier molecular flexibility index (Phi) is 4.57. The van der Waals surface area contributed by atoms with Crippen LogP contribution in [0.3, 0.4) is 0 Å². The van der Waals surface area contributed by atoms with Crippen LogP contribution in [0.4, 0.5) is 10.5 Å². The van der Waals surface area contributed by atoms with Crippen LogP contribution < -0.4 is 5.32 Å². The molecule has 0 fully saturated rings. The summed E-state index contributed by atoms with van der Waals surface area (Å²) in [5.74, 6) is -1.51. The molecule has 0 aromatic heterocycles. The maximum absolute atomic E-state index is 12.0. The second-order valence-electron chi connectivity index (χ2n) is 5.00. The summed E-state index contributed by atoms with van der Waals surface area (Å²) in [6.07, 6.45) is 0. The molecule has 0 saturated carbocycles. The molecule has 1 aromatic carbocycles. The first kappa shape index (κ1) is 15.8. The SMILES string of the molecule is CN(C(=O)Nc1ccc(C(=O)O)cc1O)C(C)(C)CO. The lowest BCUT2D eigenvalue weighted by Crippen LogP contribution is -2.49. The number of carboxylic acid groups (broad SMARTS) is 1. The number of carboxylic acids is 1. The number of aromatic hydroxyl groups is 1. The van der Waals surface area contributed by atoms with Crippen LogP contribution in [0.25, 0.3) is 0 Å². The summed E-state index contributed by atoms with van der Waals surface area (Å²) in [6, 6.07) is 3.10. The zero-order chi connectivity index (χ0) is 15.5. The van der Waals surface area contributed by atoms with E-state index in [1.807, 2.05) is 0 Å². The molecule has 0 aliphatic rings. The predicted molar refractivity (Wildman–Crippen MR) is 73.0 cm³/mol. The fraction of sp³-hybridized carbons (Fsp3) is 0.385. The van der Waals surface area contributed by atoms with Crippen molar-refractivity contribution in [2.45, 2.75) is 19.4 Å². The quantitative estimate of drug-likeness (QED) is 0.623. The Hall–Kier alpha value is -2.28. The number of rotatable bonds is 4. The molecule has 7 nitrogen and oxygen atoms in total. The number of aliphatic hydroxyl groups excluding tert-OH is 1. The Balaban J connectivity index is 2.89. The van der Waals surface area contributed by atoms with Crippen LogP contribution in [0.2, 0.25) is 0 Å². The molecule has 20 heavy (non-hydrogen) atoms. The number of nitrogens with zero attached hydrogens (tertiary/aromatic N) is 1. The van der Waals surface area contributed by atoms with Crippen molar-refractivity contribution in [3.05, 3.63) is 23.8 Å². The second kappa shape index (κ2) is 5.79. The normalized spacial score (nSPS) is 11.0. The number of amides is 2. The van der Waals surface area contributed by atoms with Gasteiger partial charge in [0.25, 0.3) is 0 Å². The van der Waals surface area contributed by atoms with Gasteiger partial charge >= 0.3 is 12.0 Å². The van der Waals surface area contributed by atoms with Crippen LogP contribution in [-0.2, 0) is 0 Å². The van der Waals surface area contributed by atoms with E-state index in [-0.39, 0.29) is 23.6 Å². The maximum atomic E-state index is 12.0. The van der Waals surface area contributed by atoms with Gasteiger partial charge in [-0.2, -0.15) is 0 Å². The second-order valence-corrected chi connectivity index (χ2v) is 5.00. The van der Waals surface area contributed by atoms with E-state index in [0.29, 0.717) is 0 Å². The van der Waals surface area contributed by atoms with E-state index >= 15 is 0 Å². The number of carbonyl (C=O) groups is 2. The van der Waals surface area contributed by atoms with Gasteiger partial charge in [-0.3, -0.25) is 0 Å². The van der Waals surface area contributed by atoms with Gasteiger partial charge in [0.2, 0.25) is 0 Å². The van der Waals surface area contributed by atoms with Gasteiger partial charge in [-0.1, -0.05) is 0 Å². The third-order valence-corrected chi connectivity index (χ3v) is 3.09. The lowest BCUT2D eigenvalue weighted by atomic mass is 10.1. The van der Waals surface area contributed by atoms with Gasteiger partial charge in [-0.25, -0.2) is 9.59 Å². The van der Waals surface area contributed by atoms with Crippen molar-refractivity contribution in [3.63, 3.8) is 0 Å². The van der Waals surface area contributed by atoms with Crippen LogP contribution in [0.5, 0.6) is 5.75 Å². The van der Waals surface area contributed by atoms with Crippen molar-refractivity contribution >= 4 is 17.7 Å². The van der Waals surface area contributed by atoms with E-state index in [1.54, 1.807) is 13.8 Å². The third kappa shape index (κ3) is 3.39. The highest BCUT2D eigenvalue weighted by atomic mass is 16.4. The van der Waals surface area contributed by atoms with E-state index in [9.17, 15) is 19.8 Å². The molecule has 2 amide bonds. The summed E-state index contributed by atoms with van der Waals surface area (Å²) in [6.45, 7) is 3.14. The Bertz CT molecular complexity index is 527. The maximum Gasteiger partial charge on any atom is 0.335 e. The van der Waals surface area contributed by atoms with E-state index in [1.165, 1.54) is 24.1 Å². The number of carbonyl (C=O) groups excluding carboxylic acids is 1. The highest BCUT2D eigenvalue weighted by Gasteiger charge is 2.27. The molecule has 110 valence electrons.